The lowest BCUT2D eigenvalue weighted by Crippen LogP contribution is -2.26. The van der Waals surface area contributed by atoms with Crippen molar-refractivity contribution in [1.82, 2.24) is 5.32 Å². The van der Waals surface area contributed by atoms with E-state index in [4.69, 9.17) is 10.5 Å². The Hall–Kier alpha value is -3.92. The fourth-order valence-corrected chi connectivity index (χ4v) is 3.94. The number of benzene rings is 3. The number of ether oxygens (including phenoxy) is 1. The van der Waals surface area contributed by atoms with Gasteiger partial charge in [-0.3, -0.25) is 0 Å². The van der Waals surface area contributed by atoms with Gasteiger partial charge in [-0.25, -0.2) is 4.79 Å². The monoisotopic (exact) mass is 450 g/mol. The van der Waals surface area contributed by atoms with Gasteiger partial charge in [0.15, 0.2) is 0 Å². The van der Waals surface area contributed by atoms with E-state index in [-0.39, 0.29) is 24.8 Å². The van der Waals surface area contributed by atoms with E-state index >= 15 is 0 Å². The Bertz CT molecular complexity index is 1200. The number of hydrogen-bond donors (Lipinski definition) is 2. The summed E-state index contributed by atoms with van der Waals surface area (Å²) in [6, 6.07) is 19.5. The van der Waals surface area contributed by atoms with Crippen LogP contribution in [-0.2, 0) is 10.9 Å². The average Bonchev–Trinajstić information content (AvgIpc) is 3.10. The van der Waals surface area contributed by atoms with Gasteiger partial charge >= 0.3 is 12.3 Å². The summed E-state index contributed by atoms with van der Waals surface area (Å²) in [5.74, 6) is 5.54. The molecule has 3 aromatic rings. The molecule has 0 aromatic heterocycles. The lowest BCUT2D eigenvalue weighted by Gasteiger charge is -2.14. The largest absolute Gasteiger partial charge is 0.449 e. The van der Waals surface area contributed by atoms with Crippen LogP contribution in [0.15, 0.2) is 66.7 Å². The van der Waals surface area contributed by atoms with Crippen molar-refractivity contribution >= 4 is 11.8 Å². The first-order chi connectivity index (χ1) is 15.8. The number of carbonyl (C=O) groups is 1. The van der Waals surface area contributed by atoms with E-state index in [2.05, 4.69) is 29.3 Å². The SMILES string of the molecule is Nc1cc(C#CCCNC(=O)OCC2c3ccccc3-c3ccccc32)ccc1C(F)(F)F. The van der Waals surface area contributed by atoms with Crippen LogP contribution in [0.3, 0.4) is 0 Å². The molecule has 0 radical (unpaired) electrons. The number of nitrogens with two attached hydrogens (primary N) is 1. The molecule has 0 fully saturated rings. The normalized spacial score (nSPS) is 12.3. The Morgan fingerprint density at radius 1 is 1.00 bits per heavy atom. The molecule has 3 N–H and O–H groups in total. The molecule has 0 spiro atoms. The zero-order valence-corrected chi connectivity index (χ0v) is 17.6. The van der Waals surface area contributed by atoms with Crippen LogP contribution in [0, 0.1) is 11.8 Å². The molecule has 1 amide bonds. The van der Waals surface area contributed by atoms with Crippen LogP contribution in [-0.4, -0.2) is 19.2 Å². The minimum atomic E-state index is -4.50. The minimum absolute atomic E-state index is 0.0203. The topological polar surface area (TPSA) is 64.3 Å². The molecule has 7 heteroatoms. The van der Waals surface area contributed by atoms with Gasteiger partial charge in [0.25, 0.3) is 0 Å². The summed E-state index contributed by atoms with van der Waals surface area (Å²) in [6.07, 6.45) is -4.73. The van der Waals surface area contributed by atoms with Crippen LogP contribution < -0.4 is 11.1 Å². The molecule has 33 heavy (non-hydrogen) atoms. The molecule has 0 atom stereocenters. The molecule has 0 heterocycles. The molecule has 0 saturated heterocycles. The third-order valence-corrected chi connectivity index (χ3v) is 5.45. The van der Waals surface area contributed by atoms with Crippen LogP contribution >= 0.6 is 0 Å². The summed E-state index contributed by atoms with van der Waals surface area (Å²) in [6.45, 7) is 0.468. The molecular weight excluding hydrogens is 429 g/mol. The van der Waals surface area contributed by atoms with Gasteiger partial charge < -0.3 is 15.8 Å². The second kappa shape index (κ2) is 9.29. The number of fused-ring (bicyclic) bond motifs is 3. The number of alkyl halides is 3. The van der Waals surface area contributed by atoms with E-state index < -0.39 is 17.8 Å². The Morgan fingerprint density at radius 3 is 2.24 bits per heavy atom. The Morgan fingerprint density at radius 2 is 1.64 bits per heavy atom. The van der Waals surface area contributed by atoms with Crippen molar-refractivity contribution in [3.63, 3.8) is 0 Å². The fourth-order valence-electron chi connectivity index (χ4n) is 3.94. The van der Waals surface area contributed by atoms with Crippen molar-refractivity contribution in [1.29, 1.82) is 0 Å². The van der Waals surface area contributed by atoms with Gasteiger partial charge in [0.05, 0.1) is 5.56 Å². The van der Waals surface area contributed by atoms with Gasteiger partial charge in [-0.05, 0) is 40.5 Å². The predicted molar refractivity (Wildman–Crippen MR) is 120 cm³/mol. The van der Waals surface area contributed by atoms with Crippen LogP contribution in [0.5, 0.6) is 0 Å². The van der Waals surface area contributed by atoms with Crippen molar-refractivity contribution in [2.45, 2.75) is 18.5 Å². The summed E-state index contributed by atoms with van der Waals surface area (Å²) in [4.78, 5) is 12.1. The number of anilines is 1. The molecule has 3 aromatic carbocycles. The van der Waals surface area contributed by atoms with E-state index in [1.807, 2.05) is 36.4 Å². The third-order valence-electron chi connectivity index (χ3n) is 5.45. The van der Waals surface area contributed by atoms with E-state index in [0.717, 1.165) is 28.3 Å². The summed E-state index contributed by atoms with van der Waals surface area (Å²) in [5, 5.41) is 2.64. The lowest BCUT2D eigenvalue weighted by atomic mass is 9.98. The Balaban J connectivity index is 1.27. The van der Waals surface area contributed by atoms with Crippen LogP contribution in [0.1, 0.15) is 34.6 Å². The number of amides is 1. The third kappa shape index (κ3) is 4.96. The van der Waals surface area contributed by atoms with Crippen LogP contribution in [0.4, 0.5) is 23.7 Å². The number of hydrogen-bond acceptors (Lipinski definition) is 3. The summed E-state index contributed by atoms with van der Waals surface area (Å²) in [5.41, 5.74) is 9.16. The van der Waals surface area contributed by atoms with Crippen molar-refractivity contribution in [2.24, 2.45) is 0 Å². The minimum Gasteiger partial charge on any atom is -0.449 e. The van der Waals surface area contributed by atoms with Gasteiger partial charge in [0, 0.05) is 30.1 Å². The molecule has 4 rings (SSSR count). The fraction of sp³-hybridized carbons (Fsp3) is 0.192. The number of alkyl carbamates (subject to hydrolysis) is 1. The molecule has 0 aliphatic heterocycles. The summed E-state index contributed by atoms with van der Waals surface area (Å²) >= 11 is 0. The number of rotatable bonds is 4. The summed E-state index contributed by atoms with van der Waals surface area (Å²) < 4.78 is 43.7. The van der Waals surface area contributed by atoms with E-state index in [1.54, 1.807) is 0 Å². The molecule has 0 bridgehead atoms. The highest BCUT2D eigenvalue weighted by Gasteiger charge is 2.32. The van der Waals surface area contributed by atoms with Gasteiger partial charge in [0.1, 0.15) is 6.61 Å². The molecule has 0 unspecified atom stereocenters. The maximum Gasteiger partial charge on any atom is 0.418 e. The van der Waals surface area contributed by atoms with Crippen molar-refractivity contribution in [3.05, 3.63) is 89.0 Å². The summed E-state index contributed by atoms with van der Waals surface area (Å²) in [7, 11) is 0. The number of nitrogen functional groups attached to an aromatic ring is 1. The van der Waals surface area contributed by atoms with Crippen LogP contribution in [0.25, 0.3) is 11.1 Å². The highest BCUT2D eigenvalue weighted by molar-refractivity contribution is 5.79. The maximum absolute atomic E-state index is 12.7. The van der Waals surface area contributed by atoms with Gasteiger partial charge in [0.2, 0.25) is 0 Å². The smallest absolute Gasteiger partial charge is 0.418 e. The van der Waals surface area contributed by atoms with Gasteiger partial charge in [-0.1, -0.05) is 60.4 Å². The van der Waals surface area contributed by atoms with Crippen molar-refractivity contribution in [2.75, 3.05) is 18.9 Å². The Labute approximate surface area is 189 Å². The quantitative estimate of drug-likeness (QED) is 0.310. The standard InChI is InChI=1S/C26H21F3N2O2/c27-26(28,29)23-13-12-17(15-24(23)30)7-5-6-14-31-25(32)33-16-22-20-10-3-1-8-18(20)19-9-2-4-11-21(19)22/h1-4,8-13,15,22H,6,14,16,30H2,(H,31,32). The molecular formula is C26H21F3N2O2. The van der Waals surface area contributed by atoms with Crippen molar-refractivity contribution in [3.8, 4) is 23.0 Å². The number of carbonyl (C=O) groups excluding carboxylic acids is 1. The van der Waals surface area contributed by atoms with E-state index in [1.165, 1.54) is 12.1 Å². The maximum atomic E-state index is 12.7. The zero-order valence-electron chi connectivity index (χ0n) is 17.6. The van der Waals surface area contributed by atoms with Crippen molar-refractivity contribution < 1.29 is 22.7 Å². The molecule has 4 nitrogen and oxygen atoms in total. The first-order valence-electron chi connectivity index (χ1n) is 10.4. The predicted octanol–water partition coefficient (Wildman–Crippen LogP) is 5.57. The van der Waals surface area contributed by atoms with Gasteiger partial charge in [-0.2, -0.15) is 13.2 Å². The molecule has 0 saturated carbocycles. The van der Waals surface area contributed by atoms with Crippen LogP contribution in [0.2, 0.25) is 0 Å². The lowest BCUT2D eigenvalue weighted by molar-refractivity contribution is -0.136. The molecule has 168 valence electrons. The number of halogens is 3. The highest BCUT2D eigenvalue weighted by Crippen LogP contribution is 2.44. The highest BCUT2D eigenvalue weighted by atomic mass is 19.4. The molecule has 1 aliphatic carbocycles. The first-order valence-corrected chi connectivity index (χ1v) is 10.4. The number of nitrogens with one attached hydrogen (secondary N) is 1. The average molecular weight is 450 g/mol. The molecule has 1 aliphatic rings. The van der Waals surface area contributed by atoms with E-state index in [0.29, 0.717) is 12.0 Å². The van der Waals surface area contributed by atoms with Gasteiger partial charge in [-0.15, -0.1) is 0 Å². The first kappa shape index (κ1) is 22.3. The second-order valence-electron chi connectivity index (χ2n) is 7.60. The zero-order chi connectivity index (χ0) is 23.4. The van der Waals surface area contributed by atoms with E-state index in [9.17, 15) is 18.0 Å². The Kier molecular flexibility index (Phi) is 6.27. The second-order valence-corrected chi connectivity index (χ2v) is 7.60.